The van der Waals surface area contributed by atoms with Crippen LogP contribution in [0.15, 0.2) is 16.6 Å². The monoisotopic (exact) mass is 476 g/mol. The van der Waals surface area contributed by atoms with Crippen molar-refractivity contribution in [1.82, 2.24) is 4.90 Å². The number of fused-ring (bicyclic) bond motifs is 5. The summed E-state index contributed by atoms with van der Waals surface area (Å²) >= 11 is 3.44. The summed E-state index contributed by atoms with van der Waals surface area (Å²) in [4.78, 5) is 50.7. The van der Waals surface area contributed by atoms with Gasteiger partial charge in [-0.3, -0.25) is 24.1 Å². The van der Waals surface area contributed by atoms with E-state index < -0.39 is 18.5 Å². The average Bonchev–Trinajstić information content (AvgIpc) is 3.40. The number of nitrogens with zero attached hydrogens (tertiary/aromatic N) is 1. The highest BCUT2D eigenvalue weighted by Crippen LogP contribution is 2.56. The van der Waals surface area contributed by atoms with E-state index in [1.807, 2.05) is 19.9 Å². The van der Waals surface area contributed by atoms with Crippen molar-refractivity contribution in [3.8, 4) is 0 Å². The Labute approximate surface area is 183 Å². The third-order valence-electron chi connectivity index (χ3n) is 6.92. The van der Waals surface area contributed by atoms with E-state index in [1.165, 1.54) is 4.90 Å². The van der Waals surface area contributed by atoms with Gasteiger partial charge >= 0.3 is 5.97 Å². The van der Waals surface area contributed by atoms with Gasteiger partial charge in [-0.2, -0.15) is 0 Å². The van der Waals surface area contributed by atoms with Crippen LogP contribution in [0.3, 0.4) is 0 Å². The number of likely N-dealkylation sites (tertiary alicyclic amines) is 1. The lowest BCUT2D eigenvalue weighted by atomic mass is 9.81. The second-order valence-electron chi connectivity index (χ2n) is 8.52. The molecular weight excluding hydrogens is 452 g/mol. The molecule has 0 aromatic heterocycles. The minimum atomic E-state index is -0.602. The van der Waals surface area contributed by atoms with E-state index in [0.29, 0.717) is 17.5 Å². The summed E-state index contributed by atoms with van der Waals surface area (Å²) in [5.74, 6) is -1.04. The standard InChI is InChI=1S/C22H25BrN2O5/c1-11-12(2)16(6-5-15(11)23)24-17(26)10-30-18(27)7-8-25-21(28)19-13-3-4-14(9-13)20(19)22(25)29/h5-6,13-14,19-20H,3-4,7-10H2,1-2H3,(H,24,26)/t13-,14-,19-,20+/m0/s1. The number of esters is 1. The normalized spacial score (nSPS) is 26.8. The van der Waals surface area contributed by atoms with E-state index in [1.54, 1.807) is 6.07 Å². The number of benzene rings is 1. The molecule has 1 aromatic rings. The summed E-state index contributed by atoms with van der Waals surface area (Å²) in [6, 6.07) is 3.62. The molecule has 8 heteroatoms. The Balaban J connectivity index is 1.25. The smallest absolute Gasteiger partial charge is 0.308 e. The van der Waals surface area contributed by atoms with Crippen LogP contribution in [0.4, 0.5) is 5.69 Å². The highest BCUT2D eigenvalue weighted by Gasteiger charge is 2.60. The Morgan fingerprint density at radius 3 is 2.37 bits per heavy atom. The first-order valence-electron chi connectivity index (χ1n) is 10.3. The predicted octanol–water partition coefficient (Wildman–Crippen LogP) is 2.97. The first-order chi connectivity index (χ1) is 14.3. The second kappa shape index (κ2) is 8.13. The molecule has 0 spiro atoms. The molecule has 160 valence electrons. The van der Waals surface area contributed by atoms with Gasteiger partial charge in [-0.15, -0.1) is 0 Å². The Morgan fingerprint density at radius 2 is 1.73 bits per heavy atom. The fraction of sp³-hybridized carbons (Fsp3) is 0.545. The summed E-state index contributed by atoms with van der Waals surface area (Å²) in [5.41, 5.74) is 2.60. The number of carbonyl (C=O) groups is 4. The number of ether oxygens (including phenoxy) is 1. The Kier molecular flexibility index (Phi) is 5.70. The van der Waals surface area contributed by atoms with Crippen molar-refractivity contribution >= 4 is 45.3 Å². The van der Waals surface area contributed by atoms with Crippen LogP contribution in [-0.2, 0) is 23.9 Å². The zero-order valence-electron chi connectivity index (χ0n) is 17.1. The van der Waals surface area contributed by atoms with Gasteiger partial charge in [-0.1, -0.05) is 15.9 Å². The molecule has 1 heterocycles. The number of carbonyl (C=O) groups excluding carboxylic acids is 4. The van der Waals surface area contributed by atoms with E-state index in [4.69, 9.17) is 4.74 Å². The van der Waals surface area contributed by atoms with Crippen molar-refractivity contribution in [1.29, 1.82) is 0 Å². The van der Waals surface area contributed by atoms with Crippen LogP contribution in [0, 0.1) is 37.5 Å². The van der Waals surface area contributed by atoms with Crippen molar-refractivity contribution in [2.24, 2.45) is 23.7 Å². The lowest BCUT2D eigenvalue weighted by Gasteiger charge is -2.19. The fourth-order valence-electron chi connectivity index (χ4n) is 5.22. The van der Waals surface area contributed by atoms with Gasteiger partial charge in [0.05, 0.1) is 18.3 Å². The van der Waals surface area contributed by atoms with Crippen LogP contribution in [0.2, 0.25) is 0 Å². The molecule has 1 N–H and O–H groups in total. The molecular formula is C22H25BrN2O5. The molecule has 2 aliphatic carbocycles. The first-order valence-corrected chi connectivity index (χ1v) is 11.1. The Bertz CT molecular complexity index is 902. The van der Waals surface area contributed by atoms with Gasteiger partial charge in [0.25, 0.3) is 5.91 Å². The lowest BCUT2D eigenvalue weighted by molar-refractivity contribution is -0.149. The molecule has 0 radical (unpaired) electrons. The summed E-state index contributed by atoms with van der Waals surface area (Å²) in [6.07, 6.45) is 2.92. The number of amides is 3. The van der Waals surface area contributed by atoms with Gasteiger partial charge < -0.3 is 10.1 Å². The van der Waals surface area contributed by atoms with Gasteiger partial charge in [0.15, 0.2) is 6.61 Å². The summed E-state index contributed by atoms with van der Waals surface area (Å²) in [7, 11) is 0. The molecule has 4 atom stereocenters. The molecule has 1 aliphatic heterocycles. The number of hydrogen-bond acceptors (Lipinski definition) is 5. The van der Waals surface area contributed by atoms with Gasteiger partial charge in [-0.25, -0.2) is 0 Å². The van der Waals surface area contributed by atoms with E-state index >= 15 is 0 Å². The zero-order valence-corrected chi connectivity index (χ0v) is 18.7. The number of imide groups is 1. The van der Waals surface area contributed by atoms with Crippen LogP contribution in [0.5, 0.6) is 0 Å². The molecule has 7 nitrogen and oxygen atoms in total. The molecule has 3 fully saturated rings. The van der Waals surface area contributed by atoms with Crippen molar-refractivity contribution in [2.45, 2.75) is 39.5 Å². The number of rotatable bonds is 6. The van der Waals surface area contributed by atoms with Crippen LogP contribution in [0.25, 0.3) is 0 Å². The fourth-order valence-corrected chi connectivity index (χ4v) is 5.65. The molecule has 1 saturated heterocycles. The quantitative estimate of drug-likeness (QED) is 0.503. The van der Waals surface area contributed by atoms with Gasteiger partial charge in [0, 0.05) is 16.7 Å². The van der Waals surface area contributed by atoms with Crippen LogP contribution in [0.1, 0.15) is 36.8 Å². The maximum Gasteiger partial charge on any atom is 0.308 e. The summed E-state index contributed by atoms with van der Waals surface area (Å²) < 4.78 is 5.99. The van der Waals surface area contributed by atoms with Crippen LogP contribution in [-0.4, -0.2) is 41.7 Å². The second-order valence-corrected chi connectivity index (χ2v) is 9.37. The van der Waals surface area contributed by atoms with Crippen molar-refractivity contribution in [3.05, 3.63) is 27.7 Å². The van der Waals surface area contributed by atoms with Crippen LogP contribution >= 0.6 is 15.9 Å². The molecule has 30 heavy (non-hydrogen) atoms. The number of anilines is 1. The largest absolute Gasteiger partial charge is 0.456 e. The molecule has 4 rings (SSSR count). The molecule has 1 aromatic carbocycles. The SMILES string of the molecule is Cc1c(Br)ccc(NC(=O)COC(=O)CCN2C(=O)[C@@H]3[C@H]4CC[C@@H](C4)[C@@H]3C2=O)c1C. The minimum Gasteiger partial charge on any atom is -0.456 e. The van der Waals surface area contributed by atoms with E-state index in [9.17, 15) is 19.2 Å². The summed E-state index contributed by atoms with van der Waals surface area (Å²) in [6.45, 7) is 3.45. The average molecular weight is 477 g/mol. The molecule has 0 unspecified atom stereocenters. The number of nitrogens with one attached hydrogen (secondary N) is 1. The highest BCUT2D eigenvalue weighted by atomic mass is 79.9. The maximum atomic E-state index is 12.6. The first kappa shape index (κ1) is 21.0. The molecule has 2 saturated carbocycles. The van der Waals surface area contributed by atoms with E-state index in [-0.39, 0.29) is 36.6 Å². The maximum absolute atomic E-state index is 12.6. The van der Waals surface area contributed by atoms with Crippen molar-refractivity contribution in [3.63, 3.8) is 0 Å². The van der Waals surface area contributed by atoms with Gasteiger partial charge in [0.1, 0.15) is 0 Å². The van der Waals surface area contributed by atoms with Crippen molar-refractivity contribution in [2.75, 3.05) is 18.5 Å². The van der Waals surface area contributed by atoms with Gasteiger partial charge in [-0.05, 0) is 68.2 Å². The lowest BCUT2D eigenvalue weighted by Crippen LogP contribution is -2.35. The highest BCUT2D eigenvalue weighted by molar-refractivity contribution is 9.10. The zero-order chi connectivity index (χ0) is 21.6. The number of halogens is 1. The summed E-state index contributed by atoms with van der Waals surface area (Å²) in [5, 5.41) is 2.73. The molecule has 3 aliphatic rings. The van der Waals surface area contributed by atoms with E-state index in [2.05, 4.69) is 21.2 Å². The molecule has 3 amide bonds. The third kappa shape index (κ3) is 3.66. The topological polar surface area (TPSA) is 92.8 Å². The number of hydrogen-bond donors (Lipinski definition) is 1. The van der Waals surface area contributed by atoms with Crippen LogP contribution < -0.4 is 5.32 Å². The van der Waals surface area contributed by atoms with Crippen molar-refractivity contribution < 1.29 is 23.9 Å². The Morgan fingerprint density at radius 1 is 1.10 bits per heavy atom. The van der Waals surface area contributed by atoms with Gasteiger partial charge in [0.2, 0.25) is 11.8 Å². The minimum absolute atomic E-state index is 0.0234. The predicted molar refractivity (Wildman–Crippen MR) is 112 cm³/mol. The van der Waals surface area contributed by atoms with E-state index in [0.717, 1.165) is 34.9 Å². The Hall–Kier alpha value is -2.22. The third-order valence-corrected chi connectivity index (χ3v) is 7.78. The molecule has 2 bridgehead atoms.